The monoisotopic (exact) mass is 415 g/mol. The van der Waals surface area contributed by atoms with Gasteiger partial charge in [-0.3, -0.25) is 19.7 Å². The third-order valence-corrected chi connectivity index (χ3v) is 6.72. The molecule has 1 aliphatic carbocycles. The minimum absolute atomic E-state index is 0.129. The SMILES string of the molecule is CC(CF)N[C@H]1CCCC[C@@H]1Cc1ccc2c(c1)CN(C1CCC(=O)NC1=O)C2=O. The van der Waals surface area contributed by atoms with E-state index in [1.54, 1.807) is 4.90 Å². The number of halogens is 1. The van der Waals surface area contributed by atoms with Crippen molar-refractivity contribution < 1.29 is 18.8 Å². The Morgan fingerprint density at radius 3 is 2.77 bits per heavy atom. The highest BCUT2D eigenvalue weighted by Crippen LogP contribution is 2.31. The van der Waals surface area contributed by atoms with Gasteiger partial charge in [-0.15, -0.1) is 0 Å². The van der Waals surface area contributed by atoms with E-state index in [9.17, 15) is 18.8 Å². The van der Waals surface area contributed by atoms with Gasteiger partial charge in [0.15, 0.2) is 0 Å². The van der Waals surface area contributed by atoms with E-state index in [-0.39, 0.29) is 36.9 Å². The standard InChI is InChI=1S/C23H30FN3O3/c1-14(12-24)25-19-5-3-2-4-16(19)10-15-6-7-18-17(11-15)13-27(23(18)30)20-8-9-21(28)26-22(20)29/h6-7,11,14,16,19-20,25H,2-5,8-10,12-13H2,1H3,(H,26,28,29)/t14?,16-,19+,20?/m1/s1. The minimum Gasteiger partial charge on any atom is -0.322 e. The van der Waals surface area contributed by atoms with E-state index < -0.39 is 6.04 Å². The first-order valence-corrected chi connectivity index (χ1v) is 11.0. The van der Waals surface area contributed by atoms with Crippen LogP contribution in [0.2, 0.25) is 0 Å². The third kappa shape index (κ3) is 4.26. The number of carbonyl (C=O) groups excluding carboxylic acids is 3. The van der Waals surface area contributed by atoms with Gasteiger partial charge in [-0.1, -0.05) is 25.0 Å². The van der Waals surface area contributed by atoms with Crippen molar-refractivity contribution in [2.45, 2.75) is 76.5 Å². The topological polar surface area (TPSA) is 78.5 Å². The maximum absolute atomic E-state index is 13.0. The van der Waals surface area contributed by atoms with Crippen LogP contribution in [0.1, 0.15) is 66.9 Å². The van der Waals surface area contributed by atoms with Crippen LogP contribution < -0.4 is 10.6 Å². The molecule has 30 heavy (non-hydrogen) atoms. The highest BCUT2D eigenvalue weighted by molar-refractivity contribution is 6.05. The lowest BCUT2D eigenvalue weighted by Gasteiger charge is -2.34. The Kier molecular flexibility index (Phi) is 6.18. The molecule has 2 fully saturated rings. The molecule has 0 bridgehead atoms. The largest absolute Gasteiger partial charge is 0.322 e. The van der Waals surface area contributed by atoms with E-state index in [2.05, 4.69) is 16.7 Å². The van der Waals surface area contributed by atoms with Gasteiger partial charge in [-0.05, 0) is 55.7 Å². The maximum Gasteiger partial charge on any atom is 0.255 e. The van der Waals surface area contributed by atoms with E-state index >= 15 is 0 Å². The van der Waals surface area contributed by atoms with Gasteiger partial charge in [0.25, 0.3) is 5.91 Å². The molecule has 4 rings (SSSR count). The van der Waals surface area contributed by atoms with Crippen molar-refractivity contribution in [2.75, 3.05) is 6.67 Å². The summed E-state index contributed by atoms with van der Waals surface area (Å²) in [6.07, 6.45) is 6.09. The second-order valence-corrected chi connectivity index (χ2v) is 8.97. The molecule has 0 aromatic heterocycles. The van der Waals surface area contributed by atoms with Gasteiger partial charge in [-0.2, -0.15) is 0 Å². The number of nitrogens with zero attached hydrogens (tertiary/aromatic N) is 1. The summed E-state index contributed by atoms with van der Waals surface area (Å²) in [6, 6.07) is 5.57. The number of fused-ring (bicyclic) bond motifs is 1. The molecule has 2 heterocycles. The number of piperidine rings is 1. The lowest BCUT2D eigenvalue weighted by atomic mass is 9.80. The Labute approximate surface area is 176 Å². The molecule has 3 aliphatic rings. The zero-order chi connectivity index (χ0) is 21.3. The van der Waals surface area contributed by atoms with Crippen molar-refractivity contribution >= 4 is 17.7 Å². The predicted octanol–water partition coefficient (Wildman–Crippen LogP) is 2.50. The molecule has 3 amide bonds. The van der Waals surface area contributed by atoms with Gasteiger partial charge in [0.1, 0.15) is 12.7 Å². The quantitative estimate of drug-likeness (QED) is 0.700. The molecule has 2 N–H and O–H groups in total. The van der Waals surface area contributed by atoms with E-state index in [0.717, 1.165) is 24.8 Å². The van der Waals surface area contributed by atoms with Crippen molar-refractivity contribution in [2.24, 2.45) is 5.92 Å². The zero-order valence-corrected chi connectivity index (χ0v) is 17.5. The van der Waals surface area contributed by atoms with E-state index in [4.69, 9.17) is 0 Å². The Morgan fingerprint density at radius 2 is 2.00 bits per heavy atom. The van der Waals surface area contributed by atoms with Gasteiger partial charge in [0.2, 0.25) is 11.8 Å². The number of amides is 3. The summed E-state index contributed by atoms with van der Waals surface area (Å²) in [5, 5.41) is 5.79. The minimum atomic E-state index is -0.583. The molecular weight excluding hydrogens is 385 g/mol. The molecule has 6 nitrogen and oxygen atoms in total. The summed E-state index contributed by atoms with van der Waals surface area (Å²) in [4.78, 5) is 38.1. The maximum atomic E-state index is 13.0. The zero-order valence-electron chi connectivity index (χ0n) is 17.5. The van der Waals surface area contributed by atoms with Gasteiger partial charge >= 0.3 is 0 Å². The van der Waals surface area contributed by atoms with E-state index in [1.165, 1.54) is 18.4 Å². The van der Waals surface area contributed by atoms with Crippen LogP contribution in [0.4, 0.5) is 4.39 Å². The second kappa shape index (κ2) is 8.84. The van der Waals surface area contributed by atoms with E-state index in [0.29, 0.717) is 30.5 Å². The molecule has 2 aliphatic heterocycles. The highest BCUT2D eigenvalue weighted by atomic mass is 19.1. The first-order chi connectivity index (χ1) is 14.5. The van der Waals surface area contributed by atoms with Crippen molar-refractivity contribution in [3.63, 3.8) is 0 Å². The van der Waals surface area contributed by atoms with Crippen LogP contribution in [0, 0.1) is 5.92 Å². The Bertz CT molecular complexity index is 843. The summed E-state index contributed by atoms with van der Waals surface area (Å²) in [7, 11) is 0. The van der Waals surface area contributed by atoms with Gasteiger partial charge in [0.05, 0.1) is 0 Å². The van der Waals surface area contributed by atoms with Crippen molar-refractivity contribution in [3.05, 3.63) is 34.9 Å². The molecule has 0 spiro atoms. The summed E-state index contributed by atoms with van der Waals surface area (Å²) < 4.78 is 13.0. The van der Waals surface area contributed by atoms with Crippen LogP contribution in [-0.4, -0.2) is 47.4 Å². The molecule has 162 valence electrons. The number of nitrogens with one attached hydrogen (secondary N) is 2. The number of imide groups is 1. The number of rotatable bonds is 6. The Morgan fingerprint density at radius 1 is 1.20 bits per heavy atom. The summed E-state index contributed by atoms with van der Waals surface area (Å²) in [5.41, 5.74) is 2.77. The average molecular weight is 416 g/mol. The van der Waals surface area contributed by atoms with Gasteiger partial charge < -0.3 is 10.2 Å². The summed E-state index contributed by atoms with van der Waals surface area (Å²) in [6.45, 7) is 1.93. The summed E-state index contributed by atoms with van der Waals surface area (Å²) in [5.74, 6) is -0.347. The summed E-state index contributed by atoms with van der Waals surface area (Å²) >= 11 is 0. The molecule has 7 heteroatoms. The van der Waals surface area contributed by atoms with Crippen LogP contribution in [0.25, 0.3) is 0 Å². The van der Waals surface area contributed by atoms with Crippen LogP contribution >= 0.6 is 0 Å². The van der Waals surface area contributed by atoms with Crippen molar-refractivity contribution in [1.29, 1.82) is 0 Å². The third-order valence-electron chi connectivity index (χ3n) is 6.72. The first-order valence-electron chi connectivity index (χ1n) is 11.0. The number of hydrogen-bond acceptors (Lipinski definition) is 4. The predicted molar refractivity (Wildman–Crippen MR) is 111 cm³/mol. The second-order valence-electron chi connectivity index (χ2n) is 8.97. The number of carbonyl (C=O) groups is 3. The molecular formula is C23H30FN3O3. The number of benzene rings is 1. The molecule has 1 aromatic carbocycles. The lowest BCUT2D eigenvalue weighted by molar-refractivity contribution is -0.136. The van der Waals surface area contributed by atoms with Crippen LogP contribution in [0.5, 0.6) is 0 Å². The molecule has 0 radical (unpaired) electrons. The Balaban J connectivity index is 1.46. The normalized spacial score (nSPS) is 27.7. The van der Waals surface area contributed by atoms with Gasteiger partial charge in [0, 0.05) is 30.6 Å². The first kappa shape index (κ1) is 21.0. The molecule has 2 unspecified atom stereocenters. The van der Waals surface area contributed by atoms with E-state index in [1.807, 2.05) is 19.1 Å². The van der Waals surface area contributed by atoms with Crippen LogP contribution in [0.3, 0.4) is 0 Å². The van der Waals surface area contributed by atoms with Crippen LogP contribution in [-0.2, 0) is 22.6 Å². The fraction of sp³-hybridized carbons (Fsp3) is 0.609. The molecule has 1 saturated carbocycles. The number of alkyl halides is 1. The van der Waals surface area contributed by atoms with Gasteiger partial charge in [-0.25, -0.2) is 4.39 Å². The lowest BCUT2D eigenvalue weighted by Crippen LogP contribution is -2.52. The fourth-order valence-corrected chi connectivity index (χ4v) is 5.14. The highest BCUT2D eigenvalue weighted by Gasteiger charge is 2.39. The smallest absolute Gasteiger partial charge is 0.255 e. The molecule has 1 aromatic rings. The molecule has 4 atom stereocenters. The van der Waals surface area contributed by atoms with Crippen LogP contribution in [0.15, 0.2) is 18.2 Å². The van der Waals surface area contributed by atoms with Crippen molar-refractivity contribution in [1.82, 2.24) is 15.5 Å². The van der Waals surface area contributed by atoms with Crippen molar-refractivity contribution in [3.8, 4) is 0 Å². The number of hydrogen-bond donors (Lipinski definition) is 2. The fourth-order valence-electron chi connectivity index (χ4n) is 5.14. The molecule has 1 saturated heterocycles. The average Bonchev–Trinajstić information content (AvgIpc) is 3.05. The Hall–Kier alpha value is -2.28.